The maximum absolute atomic E-state index is 2.62. The van der Waals surface area contributed by atoms with Gasteiger partial charge in [0.15, 0.2) is 0 Å². The lowest BCUT2D eigenvalue weighted by atomic mass is 9.55. The van der Waals surface area contributed by atoms with Crippen molar-refractivity contribution >= 4 is 11.4 Å². The predicted octanol–water partition coefficient (Wildman–Crippen LogP) is 10.7. The van der Waals surface area contributed by atoms with Crippen LogP contribution in [0.2, 0.25) is 0 Å². The first-order chi connectivity index (χ1) is 21.6. The van der Waals surface area contributed by atoms with Crippen molar-refractivity contribution in [1.82, 2.24) is 0 Å². The summed E-state index contributed by atoms with van der Waals surface area (Å²) in [5.41, 5.74) is 17.7. The molecule has 4 aliphatic rings. The monoisotopic (exact) mass is 563 g/mol. The van der Waals surface area contributed by atoms with E-state index >= 15 is 0 Å². The fourth-order valence-electron chi connectivity index (χ4n) is 9.54. The molecular formula is C43H33N. The maximum atomic E-state index is 2.62. The van der Waals surface area contributed by atoms with E-state index in [0.717, 1.165) is 0 Å². The first-order valence-electron chi connectivity index (χ1n) is 16.0. The standard InChI is InChI=1S/C43H33N/c1-41-24-25-42(41,2)44(30-12-4-3-5-13-30)40-23-21-29(27-39(40)41)28-20-22-34-33-16-8-11-19-37(33)43(38(34)26-28)35-17-9-6-14-31(35)32-15-7-10-18-36(32)43/h3-23,26-27H,24-25H2,1-2H3. The molecule has 0 radical (unpaired) electrons. The normalized spacial score (nSPS) is 22.5. The second-order valence-corrected chi connectivity index (χ2v) is 13.7. The van der Waals surface area contributed by atoms with Crippen LogP contribution < -0.4 is 4.90 Å². The fraction of sp³-hybridized carbons (Fsp3) is 0.163. The zero-order chi connectivity index (χ0) is 29.3. The lowest BCUT2D eigenvalue weighted by Gasteiger charge is -2.56. The van der Waals surface area contributed by atoms with Crippen molar-refractivity contribution in [1.29, 1.82) is 0 Å². The first kappa shape index (κ1) is 24.6. The highest BCUT2D eigenvalue weighted by molar-refractivity contribution is 5.96. The quantitative estimate of drug-likeness (QED) is 0.202. The van der Waals surface area contributed by atoms with Crippen LogP contribution in [0.25, 0.3) is 33.4 Å². The summed E-state index contributed by atoms with van der Waals surface area (Å²) in [6.45, 7) is 4.96. The summed E-state index contributed by atoms with van der Waals surface area (Å²) >= 11 is 0. The minimum Gasteiger partial charge on any atom is -0.334 e. The average molecular weight is 564 g/mol. The molecule has 1 saturated carbocycles. The maximum Gasteiger partial charge on any atom is 0.0725 e. The van der Waals surface area contributed by atoms with Gasteiger partial charge in [-0.15, -0.1) is 0 Å². The van der Waals surface area contributed by atoms with Gasteiger partial charge in [0, 0.05) is 16.8 Å². The number of hydrogen-bond donors (Lipinski definition) is 0. The van der Waals surface area contributed by atoms with Crippen LogP contribution in [0.5, 0.6) is 0 Å². The molecule has 44 heavy (non-hydrogen) atoms. The SMILES string of the molecule is CC12CCC1(C)N(c1ccccc1)c1ccc(-c3ccc4c(c3)C3(c5ccccc5-c5ccccc53)c3ccccc3-4)cc12. The van der Waals surface area contributed by atoms with Gasteiger partial charge in [-0.25, -0.2) is 0 Å². The molecule has 6 aromatic carbocycles. The van der Waals surface area contributed by atoms with Gasteiger partial charge in [-0.1, -0.05) is 116 Å². The van der Waals surface area contributed by atoms with Crippen molar-refractivity contribution < 1.29 is 0 Å². The van der Waals surface area contributed by atoms with E-state index in [9.17, 15) is 0 Å². The minimum atomic E-state index is -0.311. The smallest absolute Gasteiger partial charge is 0.0725 e. The summed E-state index contributed by atoms with van der Waals surface area (Å²) in [6.07, 6.45) is 2.43. The topological polar surface area (TPSA) is 3.24 Å². The highest BCUT2D eigenvalue weighted by Gasteiger charge is 2.63. The van der Waals surface area contributed by atoms with Crippen molar-refractivity contribution in [3.05, 3.63) is 167 Å². The first-order valence-corrected chi connectivity index (χ1v) is 16.0. The van der Waals surface area contributed by atoms with Gasteiger partial charge in [0.2, 0.25) is 0 Å². The van der Waals surface area contributed by atoms with Crippen LogP contribution in [-0.4, -0.2) is 5.54 Å². The molecule has 1 aliphatic heterocycles. The second-order valence-electron chi connectivity index (χ2n) is 13.7. The van der Waals surface area contributed by atoms with Crippen LogP contribution in [0.3, 0.4) is 0 Å². The predicted molar refractivity (Wildman–Crippen MR) is 182 cm³/mol. The number of fused-ring (bicyclic) bond motifs is 13. The molecule has 1 spiro atoms. The van der Waals surface area contributed by atoms with Gasteiger partial charge >= 0.3 is 0 Å². The van der Waals surface area contributed by atoms with Gasteiger partial charge in [0.25, 0.3) is 0 Å². The number of para-hydroxylation sites is 1. The highest BCUT2D eigenvalue weighted by Crippen LogP contribution is 2.66. The van der Waals surface area contributed by atoms with Crippen LogP contribution in [0.1, 0.15) is 54.5 Å². The molecule has 210 valence electrons. The van der Waals surface area contributed by atoms with E-state index in [1.807, 2.05) is 0 Å². The van der Waals surface area contributed by atoms with Crippen LogP contribution in [0.15, 0.2) is 140 Å². The van der Waals surface area contributed by atoms with Crippen molar-refractivity contribution in [3.8, 4) is 33.4 Å². The van der Waals surface area contributed by atoms with Crippen LogP contribution >= 0.6 is 0 Å². The van der Waals surface area contributed by atoms with E-state index in [-0.39, 0.29) is 16.4 Å². The second kappa shape index (κ2) is 8.18. The number of nitrogens with zero attached hydrogens (tertiary/aromatic N) is 1. The molecule has 2 atom stereocenters. The lowest BCUT2D eigenvalue weighted by molar-refractivity contribution is 0.133. The Kier molecular flexibility index (Phi) is 4.57. The van der Waals surface area contributed by atoms with Crippen molar-refractivity contribution in [2.45, 2.75) is 43.1 Å². The van der Waals surface area contributed by atoms with Crippen LogP contribution in [0, 0.1) is 0 Å². The number of rotatable bonds is 2. The van der Waals surface area contributed by atoms with Gasteiger partial charge in [0.05, 0.1) is 11.0 Å². The summed E-state index contributed by atoms with van der Waals surface area (Å²) < 4.78 is 0. The Labute approximate surface area is 259 Å². The largest absolute Gasteiger partial charge is 0.334 e. The number of benzene rings is 6. The molecule has 2 unspecified atom stereocenters. The molecule has 1 heteroatoms. The van der Waals surface area contributed by atoms with Gasteiger partial charge in [-0.05, 0) is 111 Å². The van der Waals surface area contributed by atoms with Gasteiger partial charge in [-0.3, -0.25) is 0 Å². The Morgan fingerprint density at radius 3 is 1.52 bits per heavy atom. The number of anilines is 2. The third-order valence-corrected chi connectivity index (χ3v) is 12.0. The fourth-order valence-corrected chi connectivity index (χ4v) is 9.54. The molecule has 0 N–H and O–H groups in total. The van der Waals surface area contributed by atoms with Crippen LogP contribution in [0.4, 0.5) is 11.4 Å². The van der Waals surface area contributed by atoms with Gasteiger partial charge < -0.3 is 4.90 Å². The molecule has 1 nitrogen and oxygen atoms in total. The summed E-state index contributed by atoms with van der Waals surface area (Å²) in [7, 11) is 0. The van der Waals surface area contributed by atoms with E-state index in [2.05, 4.69) is 158 Å². The number of hydrogen-bond acceptors (Lipinski definition) is 1. The van der Waals surface area contributed by atoms with Gasteiger partial charge in [-0.2, -0.15) is 0 Å². The molecule has 10 rings (SSSR count). The molecule has 0 amide bonds. The molecule has 0 aromatic heterocycles. The third-order valence-electron chi connectivity index (χ3n) is 12.0. The lowest BCUT2D eigenvalue weighted by Crippen LogP contribution is -2.60. The average Bonchev–Trinajstić information content (AvgIpc) is 3.59. The Morgan fingerprint density at radius 2 is 0.955 bits per heavy atom. The molecule has 0 bridgehead atoms. The van der Waals surface area contributed by atoms with E-state index in [1.165, 1.54) is 85.4 Å². The molecule has 0 saturated heterocycles. The van der Waals surface area contributed by atoms with Crippen molar-refractivity contribution in [3.63, 3.8) is 0 Å². The Bertz CT molecular complexity index is 2110. The molecule has 3 aliphatic carbocycles. The van der Waals surface area contributed by atoms with Crippen molar-refractivity contribution in [2.24, 2.45) is 0 Å². The zero-order valence-electron chi connectivity index (χ0n) is 25.1. The molecule has 1 heterocycles. The molecule has 1 fully saturated rings. The minimum absolute atomic E-state index is 0.0935. The van der Waals surface area contributed by atoms with E-state index in [4.69, 9.17) is 0 Å². The van der Waals surface area contributed by atoms with E-state index in [1.54, 1.807) is 0 Å². The Hall–Kier alpha value is -4.88. The Balaban J connectivity index is 1.20. The third kappa shape index (κ3) is 2.69. The Morgan fingerprint density at radius 1 is 0.455 bits per heavy atom. The summed E-state index contributed by atoms with van der Waals surface area (Å²) in [5.74, 6) is 0. The van der Waals surface area contributed by atoms with E-state index in [0.29, 0.717) is 0 Å². The zero-order valence-corrected chi connectivity index (χ0v) is 25.1. The summed E-state index contributed by atoms with van der Waals surface area (Å²) in [6, 6.07) is 52.7. The van der Waals surface area contributed by atoms with E-state index < -0.39 is 0 Å². The molecule has 6 aromatic rings. The van der Waals surface area contributed by atoms with Crippen LogP contribution in [-0.2, 0) is 10.8 Å². The highest BCUT2D eigenvalue weighted by atomic mass is 15.3. The van der Waals surface area contributed by atoms with Gasteiger partial charge in [0.1, 0.15) is 0 Å². The summed E-state index contributed by atoms with van der Waals surface area (Å²) in [5, 5.41) is 0. The molecular weight excluding hydrogens is 530 g/mol. The summed E-state index contributed by atoms with van der Waals surface area (Å²) in [4.78, 5) is 2.62. The van der Waals surface area contributed by atoms with Crippen molar-refractivity contribution in [2.75, 3.05) is 4.90 Å².